The van der Waals surface area contributed by atoms with Crippen LogP contribution in [0.15, 0.2) is 24.3 Å². The summed E-state index contributed by atoms with van der Waals surface area (Å²) in [6, 6.07) is 9.39. The second-order valence-electron chi connectivity index (χ2n) is 5.05. The van der Waals surface area contributed by atoms with E-state index in [1.165, 1.54) is 0 Å². The van der Waals surface area contributed by atoms with Gasteiger partial charge in [-0.2, -0.15) is 5.26 Å². The highest BCUT2D eigenvalue weighted by molar-refractivity contribution is 5.83. The van der Waals surface area contributed by atoms with Gasteiger partial charge in [-0.25, -0.2) is 0 Å². The molecule has 1 amide bonds. The Morgan fingerprint density at radius 2 is 2.21 bits per heavy atom. The summed E-state index contributed by atoms with van der Waals surface area (Å²) in [5.41, 5.74) is 1.41. The van der Waals surface area contributed by atoms with E-state index in [1.54, 1.807) is 12.1 Å². The monoisotopic (exact) mass is 257 g/mol. The van der Waals surface area contributed by atoms with Crippen LogP contribution in [-0.4, -0.2) is 19.0 Å². The number of hydrogen-bond acceptors (Lipinski definition) is 3. The minimum atomic E-state index is -0.243. The van der Waals surface area contributed by atoms with Crippen molar-refractivity contribution in [1.82, 2.24) is 10.6 Å². The maximum atomic E-state index is 12.3. The van der Waals surface area contributed by atoms with Crippen molar-refractivity contribution >= 4 is 5.91 Å². The molecule has 0 radical (unpaired) electrons. The van der Waals surface area contributed by atoms with Gasteiger partial charge in [-0.3, -0.25) is 4.79 Å². The standard InChI is InChI=1S/C15H19N3O/c1-2-15(7-8-17-11-15)14(19)18-10-13-5-3-12(9-16)4-6-13/h3-6,17H,2,7-8,10-11H2,1H3,(H,18,19). The Bertz CT molecular complexity index is 481. The molecule has 1 aromatic carbocycles. The van der Waals surface area contributed by atoms with E-state index in [4.69, 9.17) is 5.26 Å². The summed E-state index contributed by atoms with van der Waals surface area (Å²) in [5.74, 6) is 0.129. The second-order valence-corrected chi connectivity index (χ2v) is 5.05. The fourth-order valence-electron chi connectivity index (χ4n) is 2.47. The molecular formula is C15H19N3O. The quantitative estimate of drug-likeness (QED) is 0.860. The average molecular weight is 257 g/mol. The van der Waals surface area contributed by atoms with Crippen LogP contribution in [0.3, 0.4) is 0 Å². The summed E-state index contributed by atoms with van der Waals surface area (Å²) in [6.07, 6.45) is 1.77. The van der Waals surface area contributed by atoms with Gasteiger partial charge in [-0.05, 0) is 37.1 Å². The molecule has 19 heavy (non-hydrogen) atoms. The summed E-state index contributed by atoms with van der Waals surface area (Å²) in [6.45, 7) is 4.27. The summed E-state index contributed by atoms with van der Waals surface area (Å²) < 4.78 is 0. The van der Waals surface area contributed by atoms with Crippen LogP contribution in [0, 0.1) is 16.7 Å². The van der Waals surface area contributed by atoms with E-state index in [-0.39, 0.29) is 11.3 Å². The molecule has 0 aliphatic carbocycles. The SMILES string of the molecule is CCC1(C(=O)NCc2ccc(C#N)cc2)CCNC1. The molecule has 0 aromatic heterocycles. The maximum Gasteiger partial charge on any atom is 0.227 e. The van der Waals surface area contributed by atoms with Gasteiger partial charge in [-0.15, -0.1) is 0 Å². The van der Waals surface area contributed by atoms with Crippen LogP contribution in [0.25, 0.3) is 0 Å². The van der Waals surface area contributed by atoms with E-state index in [0.29, 0.717) is 12.1 Å². The first kappa shape index (κ1) is 13.6. The molecule has 1 unspecified atom stereocenters. The number of amides is 1. The Morgan fingerprint density at radius 1 is 1.47 bits per heavy atom. The molecule has 2 rings (SSSR count). The zero-order valence-corrected chi connectivity index (χ0v) is 11.2. The highest BCUT2D eigenvalue weighted by Gasteiger charge is 2.39. The van der Waals surface area contributed by atoms with Gasteiger partial charge in [0.15, 0.2) is 0 Å². The van der Waals surface area contributed by atoms with Crippen molar-refractivity contribution in [1.29, 1.82) is 5.26 Å². The molecule has 4 nitrogen and oxygen atoms in total. The summed E-state index contributed by atoms with van der Waals surface area (Å²) in [7, 11) is 0. The minimum absolute atomic E-state index is 0.129. The summed E-state index contributed by atoms with van der Waals surface area (Å²) >= 11 is 0. The van der Waals surface area contributed by atoms with Crippen molar-refractivity contribution in [3.63, 3.8) is 0 Å². The molecule has 0 bridgehead atoms. The van der Waals surface area contributed by atoms with Crippen LogP contribution in [0.2, 0.25) is 0 Å². The van der Waals surface area contributed by atoms with Crippen LogP contribution in [0.1, 0.15) is 30.9 Å². The molecule has 1 atom stereocenters. The summed E-state index contributed by atoms with van der Waals surface area (Å²) in [5, 5.41) is 15.0. The topological polar surface area (TPSA) is 64.9 Å². The van der Waals surface area contributed by atoms with Gasteiger partial charge in [0.1, 0.15) is 0 Å². The third kappa shape index (κ3) is 2.94. The Labute approximate surface area is 113 Å². The van der Waals surface area contributed by atoms with E-state index in [9.17, 15) is 4.79 Å². The van der Waals surface area contributed by atoms with E-state index < -0.39 is 0 Å². The minimum Gasteiger partial charge on any atom is -0.352 e. The molecular weight excluding hydrogens is 238 g/mol. The lowest BCUT2D eigenvalue weighted by Gasteiger charge is -2.25. The predicted octanol–water partition coefficient (Wildman–Crippen LogP) is 1.56. The van der Waals surface area contributed by atoms with Crippen molar-refractivity contribution in [3.05, 3.63) is 35.4 Å². The number of benzene rings is 1. The molecule has 1 fully saturated rings. The van der Waals surface area contributed by atoms with Crippen molar-refractivity contribution in [2.75, 3.05) is 13.1 Å². The van der Waals surface area contributed by atoms with E-state index in [1.807, 2.05) is 12.1 Å². The van der Waals surface area contributed by atoms with Crippen molar-refractivity contribution in [2.24, 2.45) is 5.41 Å². The van der Waals surface area contributed by atoms with Gasteiger partial charge in [0, 0.05) is 13.1 Å². The van der Waals surface area contributed by atoms with Gasteiger partial charge in [0.05, 0.1) is 17.0 Å². The predicted molar refractivity (Wildman–Crippen MR) is 73.2 cm³/mol. The zero-order chi connectivity index (χ0) is 13.7. The molecule has 1 aromatic rings. The molecule has 100 valence electrons. The van der Waals surface area contributed by atoms with Crippen molar-refractivity contribution < 1.29 is 4.79 Å². The highest BCUT2D eigenvalue weighted by Crippen LogP contribution is 2.29. The Hall–Kier alpha value is -1.86. The van der Waals surface area contributed by atoms with Crippen LogP contribution in [0.5, 0.6) is 0 Å². The van der Waals surface area contributed by atoms with Gasteiger partial charge < -0.3 is 10.6 Å². The molecule has 1 aliphatic heterocycles. The van der Waals surface area contributed by atoms with E-state index in [2.05, 4.69) is 23.6 Å². The summed E-state index contributed by atoms with van der Waals surface area (Å²) in [4.78, 5) is 12.3. The molecule has 1 heterocycles. The second kappa shape index (κ2) is 5.85. The lowest BCUT2D eigenvalue weighted by atomic mass is 9.83. The first-order valence-electron chi connectivity index (χ1n) is 6.68. The largest absolute Gasteiger partial charge is 0.352 e. The molecule has 2 N–H and O–H groups in total. The van der Waals surface area contributed by atoms with Crippen LogP contribution in [-0.2, 0) is 11.3 Å². The molecule has 0 saturated carbocycles. The Balaban J connectivity index is 1.94. The first-order valence-corrected chi connectivity index (χ1v) is 6.68. The highest BCUT2D eigenvalue weighted by atomic mass is 16.2. The Kier molecular flexibility index (Phi) is 4.18. The normalized spacial score (nSPS) is 21.9. The lowest BCUT2D eigenvalue weighted by molar-refractivity contribution is -0.130. The fraction of sp³-hybridized carbons (Fsp3) is 0.467. The average Bonchev–Trinajstić information content (AvgIpc) is 2.95. The fourth-order valence-corrected chi connectivity index (χ4v) is 2.47. The van der Waals surface area contributed by atoms with Crippen molar-refractivity contribution in [3.8, 4) is 6.07 Å². The van der Waals surface area contributed by atoms with E-state index in [0.717, 1.165) is 31.5 Å². The van der Waals surface area contributed by atoms with Gasteiger partial charge in [0.25, 0.3) is 0 Å². The van der Waals surface area contributed by atoms with Crippen LogP contribution in [0.4, 0.5) is 0 Å². The molecule has 1 saturated heterocycles. The maximum absolute atomic E-state index is 12.3. The molecule has 0 spiro atoms. The number of rotatable bonds is 4. The Morgan fingerprint density at radius 3 is 2.74 bits per heavy atom. The number of nitriles is 1. The van der Waals surface area contributed by atoms with Crippen LogP contribution < -0.4 is 10.6 Å². The van der Waals surface area contributed by atoms with Gasteiger partial charge in [-0.1, -0.05) is 19.1 Å². The first-order chi connectivity index (χ1) is 9.20. The number of nitrogens with zero attached hydrogens (tertiary/aromatic N) is 1. The third-order valence-corrected chi connectivity index (χ3v) is 3.94. The zero-order valence-electron chi connectivity index (χ0n) is 11.2. The van der Waals surface area contributed by atoms with Gasteiger partial charge >= 0.3 is 0 Å². The smallest absolute Gasteiger partial charge is 0.227 e. The third-order valence-electron chi connectivity index (χ3n) is 3.94. The number of carbonyl (C=O) groups excluding carboxylic acids is 1. The lowest BCUT2D eigenvalue weighted by Crippen LogP contribution is -2.41. The number of nitrogens with one attached hydrogen (secondary N) is 2. The van der Waals surface area contributed by atoms with Crippen LogP contribution >= 0.6 is 0 Å². The number of hydrogen-bond donors (Lipinski definition) is 2. The molecule has 4 heteroatoms. The van der Waals surface area contributed by atoms with Crippen molar-refractivity contribution in [2.45, 2.75) is 26.3 Å². The number of carbonyl (C=O) groups is 1. The van der Waals surface area contributed by atoms with Gasteiger partial charge in [0.2, 0.25) is 5.91 Å². The molecule has 1 aliphatic rings. The van der Waals surface area contributed by atoms with E-state index >= 15 is 0 Å².